The lowest BCUT2D eigenvalue weighted by molar-refractivity contribution is 0.0983. The SMILES string of the molecule is NC(CC1CCCO1)c1ccccc1. The van der Waals surface area contributed by atoms with Crippen molar-refractivity contribution in [2.75, 3.05) is 6.61 Å². The Labute approximate surface area is 85.1 Å². The summed E-state index contributed by atoms with van der Waals surface area (Å²) in [4.78, 5) is 0. The first-order chi connectivity index (χ1) is 6.86. The fourth-order valence-corrected chi connectivity index (χ4v) is 1.95. The van der Waals surface area contributed by atoms with Gasteiger partial charge in [0.1, 0.15) is 0 Å². The van der Waals surface area contributed by atoms with Crippen LogP contribution >= 0.6 is 0 Å². The van der Waals surface area contributed by atoms with Crippen molar-refractivity contribution in [3.8, 4) is 0 Å². The van der Waals surface area contributed by atoms with E-state index >= 15 is 0 Å². The van der Waals surface area contributed by atoms with Crippen molar-refractivity contribution in [1.82, 2.24) is 0 Å². The molecule has 1 fully saturated rings. The summed E-state index contributed by atoms with van der Waals surface area (Å²) in [5.41, 5.74) is 7.31. The van der Waals surface area contributed by atoms with E-state index in [1.54, 1.807) is 0 Å². The Morgan fingerprint density at radius 2 is 2.14 bits per heavy atom. The molecular weight excluding hydrogens is 174 g/mol. The predicted molar refractivity (Wildman–Crippen MR) is 57.0 cm³/mol. The van der Waals surface area contributed by atoms with Crippen molar-refractivity contribution in [2.24, 2.45) is 5.73 Å². The molecule has 76 valence electrons. The molecule has 0 radical (unpaired) electrons. The van der Waals surface area contributed by atoms with Crippen LogP contribution in [-0.2, 0) is 4.74 Å². The number of nitrogens with two attached hydrogens (primary N) is 1. The lowest BCUT2D eigenvalue weighted by Crippen LogP contribution is -2.18. The first-order valence-electron chi connectivity index (χ1n) is 5.28. The van der Waals surface area contributed by atoms with Gasteiger partial charge in [0.25, 0.3) is 0 Å². The van der Waals surface area contributed by atoms with Gasteiger partial charge in [-0.05, 0) is 24.8 Å². The van der Waals surface area contributed by atoms with E-state index in [0.717, 1.165) is 13.0 Å². The summed E-state index contributed by atoms with van der Waals surface area (Å²) in [6.07, 6.45) is 3.68. The van der Waals surface area contributed by atoms with Crippen molar-refractivity contribution < 1.29 is 4.74 Å². The molecule has 1 aliphatic heterocycles. The Morgan fingerprint density at radius 1 is 1.36 bits per heavy atom. The van der Waals surface area contributed by atoms with Gasteiger partial charge in [-0.2, -0.15) is 0 Å². The number of ether oxygens (including phenoxy) is 1. The summed E-state index contributed by atoms with van der Waals surface area (Å²) in [5.74, 6) is 0. The standard InChI is InChI=1S/C12H17NO/c13-12(9-11-7-4-8-14-11)10-5-2-1-3-6-10/h1-3,5-6,11-12H,4,7-9,13H2. The summed E-state index contributed by atoms with van der Waals surface area (Å²) < 4.78 is 5.57. The van der Waals surface area contributed by atoms with Crippen LogP contribution in [0.1, 0.15) is 30.9 Å². The maximum Gasteiger partial charge on any atom is 0.0594 e. The van der Waals surface area contributed by atoms with E-state index in [1.165, 1.54) is 18.4 Å². The van der Waals surface area contributed by atoms with Gasteiger partial charge in [-0.25, -0.2) is 0 Å². The molecule has 0 aromatic heterocycles. The fraction of sp³-hybridized carbons (Fsp3) is 0.500. The van der Waals surface area contributed by atoms with E-state index in [4.69, 9.17) is 10.5 Å². The molecule has 2 heteroatoms. The first-order valence-corrected chi connectivity index (χ1v) is 5.28. The van der Waals surface area contributed by atoms with Gasteiger partial charge in [0, 0.05) is 12.6 Å². The Kier molecular flexibility index (Phi) is 3.17. The van der Waals surface area contributed by atoms with Gasteiger partial charge in [-0.15, -0.1) is 0 Å². The van der Waals surface area contributed by atoms with Crippen LogP contribution < -0.4 is 5.73 Å². The molecule has 2 rings (SSSR count). The molecule has 1 heterocycles. The van der Waals surface area contributed by atoms with Gasteiger partial charge in [0.15, 0.2) is 0 Å². The summed E-state index contributed by atoms with van der Waals surface area (Å²) in [6.45, 7) is 0.909. The van der Waals surface area contributed by atoms with Gasteiger partial charge in [0.2, 0.25) is 0 Å². The molecule has 2 nitrogen and oxygen atoms in total. The minimum atomic E-state index is 0.124. The third-order valence-electron chi connectivity index (χ3n) is 2.77. The van der Waals surface area contributed by atoms with Crippen molar-refractivity contribution in [1.29, 1.82) is 0 Å². The highest BCUT2D eigenvalue weighted by Gasteiger charge is 2.19. The van der Waals surface area contributed by atoms with Gasteiger partial charge >= 0.3 is 0 Å². The molecular formula is C12H17NO. The Bertz CT molecular complexity index is 267. The highest BCUT2D eigenvalue weighted by Crippen LogP contribution is 2.22. The molecule has 2 atom stereocenters. The molecule has 1 aliphatic rings. The molecule has 1 aromatic carbocycles. The number of hydrogen-bond donors (Lipinski definition) is 1. The van der Waals surface area contributed by atoms with Crippen LogP contribution in [0.25, 0.3) is 0 Å². The van der Waals surface area contributed by atoms with E-state index in [0.29, 0.717) is 6.10 Å². The van der Waals surface area contributed by atoms with Crippen molar-refractivity contribution >= 4 is 0 Å². The predicted octanol–water partition coefficient (Wildman–Crippen LogP) is 2.26. The van der Waals surface area contributed by atoms with Gasteiger partial charge in [0.05, 0.1) is 6.10 Å². The second-order valence-electron chi connectivity index (χ2n) is 3.89. The largest absolute Gasteiger partial charge is 0.378 e. The van der Waals surface area contributed by atoms with Crippen LogP contribution in [0.3, 0.4) is 0 Å². The van der Waals surface area contributed by atoms with E-state index < -0.39 is 0 Å². The molecule has 14 heavy (non-hydrogen) atoms. The molecule has 0 saturated carbocycles. The fourth-order valence-electron chi connectivity index (χ4n) is 1.95. The molecule has 0 amide bonds. The van der Waals surface area contributed by atoms with Crippen LogP contribution in [0.2, 0.25) is 0 Å². The zero-order valence-corrected chi connectivity index (χ0v) is 8.36. The maximum absolute atomic E-state index is 6.09. The van der Waals surface area contributed by atoms with Gasteiger partial charge < -0.3 is 10.5 Å². The number of rotatable bonds is 3. The third-order valence-corrected chi connectivity index (χ3v) is 2.77. The van der Waals surface area contributed by atoms with E-state index in [-0.39, 0.29) is 6.04 Å². The summed E-state index contributed by atoms with van der Waals surface area (Å²) >= 11 is 0. The zero-order chi connectivity index (χ0) is 9.80. The van der Waals surface area contributed by atoms with E-state index in [9.17, 15) is 0 Å². The molecule has 0 spiro atoms. The quantitative estimate of drug-likeness (QED) is 0.795. The minimum Gasteiger partial charge on any atom is -0.378 e. The zero-order valence-electron chi connectivity index (χ0n) is 8.36. The molecule has 1 saturated heterocycles. The van der Waals surface area contributed by atoms with Gasteiger partial charge in [-0.1, -0.05) is 30.3 Å². The molecule has 2 N–H and O–H groups in total. The summed E-state index contributed by atoms with van der Waals surface area (Å²) in [7, 11) is 0. The maximum atomic E-state index is 6.09. The summed E-state index contributed by atoms with van der Waals surface area (Å²) in [5, 5.41) is 0. The third kappa shape index (κ3) is 2.34. The Balaban J connectivity index is 1.92. The average Bonchev–Trinajstić information content (AvgIpc) is 2.72. The van der Waals surface area contributed by atoms with Crippen molar-refractivity contribution in [3.05, 3.63) is 35.9 Å². The van der Waals surface area contributed by atoms with Crippen LogP contribution in [0, 0.1) is 0 Å². The highest BCUT2D eigenvalue weighted by molar-refractivity contribution is 5.18. The number of benzene rings is 1. The Morgan fingerprint density at radius 3 is 2.79 bits per heavy atom. The smallest absolute Gasteiger partial charge is 0.0594 e. The average molecular weight is 191 g/mol. The second kappa shape index (κ2) is 4.58. The Hall–Kier alpha value is -0.860. The molecule has 0 bridgehead atoms. The summed E-state index contributed by atoms with van der Waals surface area (Å²) in [6, 6.07) is 10.4. The molecule has 0 aliphatic carbocycles. The van der Waals surface area contributed by atoms with Crippen molar-refractivity contribution in [3.63, 3.8) is 0 Å². The topological polar surface area (TPSA) is 35.2 Å². The van der Waals surface area contributed by atoms with Gasteiger partial charge in [-0.3, -0.25) is 0 Å². The van der Waals surface area contributed by atoms with Crippen LogP contribution in [0.15, 0.2) is 30.3 Å². The van der Waals surface area contributed by atoms with Crippen molar-refractivity contribution in [2.45, 2.75) is 31.4 Å². The van der Waals surface area contributed by atoms with Crippen LogP contribution in [0.4, 0.5) is 0 Å². The minimum absolute atomic E-state index is 0.124. The normalized spacial score (nSPS) is 23.6. The molecule has 2 unspecified atom stereocenters. The van der Waals surface area contributed by atoms with E-state index in [2.05, 4.69) is 12.1 Å². The number of hydrogen-bond acceptors (Lipinski definition) is 2. The first kappa shape index (κ1) is 9.69. The monoisotopic (exact) mass is 191 g/mol. The lowest BCUT2D eigenvalue weighted by Gasteiger charge is -2.16. The second-order valence-corrected chi connectivity index (χ2v) is 3.89. The lowest BCUT2D eigenvalue weighted by atomic mass is 10.0. The van der Waals surface area contributed by atoms with Crippen LogP contribution in [0.5, 0.6) is 0 Å². The molecule has 1 aromatic rings. The highest BCUT2D eigenvalue weighted by atomic mass is 16.5. The van der Waals surface area contributed by atoms with E-state index in [1.807, 2.05) is 18.2 Å². The van der Waals surface area contributed by atoms with Crippen LogP contribution in [-0.4, -0.2) is 12.7 Å².